The Morgan fingerprint density at radius 2 is 1.86 bits per heavy atom. The van der Waals surface area contributed by atoms with Gasteiger partial charge in [-0.25, -0.2) is 0 Å². The van der Waals surface area contributed by atoms with Gasteiger partial charge < -0.3 is 10.0 Å². The average molecular weight is 316 g/mol. The van der Waals surface area contributed by atoms with Crippen molar-refractivity contribution >= 4 is 0 Å². The lowest BCUT2D eigenvalue weighted by Crippen LogP contribution is -2.49. The summed E-state index contributed by atoms with van der Waals surface area (Å²) in [5.41, 5.74) is 0.254. The van der Waals surface area contributed by atoms with E-state index in [1.807, 2.05) is 14.1 Å². The van der Waals surface area contributed by atoms with E-state index in [4.69, 9.17) is 0 Å². The molecule has 2 rings (SSSR count). The number of alkyl halides is 3. The van der Waals surface area contributed by atoms with Gasteiger partial charge in [0.15, 0.2) is 0 Å². The number of hydrogen-bond donors (Lipinski definition) is 1. The fourth-order valence-electron chi connectivity index (χ4n) is 3.16. The quantitative estimate of drug-likeness (QED) is 0.924. The van der Waals surface area contributed by atoms with Crippen molar-refractivity contribution in [3.63, 3.8) is 0 Å². The lowest BCUT2D eigenvalue weighted by atomic mass is 9.91. The van der Waals surface area contributed by atoms with E-state index in [1.165, 1.54) is 12.1 Å². The highest BCUT2D eigenvalue weighted by atomic mass is 19.4. The Bertz CT molecular complexity index is 473. The van der Waals surface area contributed by atoms with Gasteiger partial charge in [0.1, 0.15) is 0 Å². The summed E-state index contributed by atoms with van der Waals surface area (Å²) in [4.78, 5) is 4.33. The number of rotatable bonds is 4. The van der Waals surface area contributed by atoms with Crippen LogP contribution in [0.15, 0.2) is 24.3 Å². The van der Waals surface area contributed by atoms with E-state index in [-0.39, 0.29) is 12.5 Å². The molecule has 0 bridgehead atoms. The maximum Gasteiger partial charge on any atom is 0.416 e. The van der Waals surface area contributed by atoms with Crippen LogP contribution in [0.5, 0.6) is 0 Å². The van der Waals surface area contributed by atoms with Crippen molar-refractivity contribution in [2.75, 3.05) is 33.8 Å². The van der Waals surface area contributed by atoms with Crippen LogP contribution in [-0.2, 0) is 12.7 Å². The third kappa shape index (κ3) is 4.21. The average Bonchev–Trinajstić information content (AvgIpc) is 2.46. The molecule has 0 saturated carbocycles. The highest BCUT2D eigenvalue weighted by molar-refractivity contribution is 5.24. The Morgan fingerprint density at radius 1 is 1.23 bits per heavy atom. The molecule has 1 fully saturated rings. The normalized spacial score (nSPS) is 24.0. The second-order valence-electron chi connectivity index (χ2n) is 6.19. The molecule has 22 heavy (non-hydrogen) atoms. The van der Waals surface area contributed by atoms with Gasteiger partial charge in [0.05, 0.1) is 5.56 Å². The molecular weight excluding hydrogens is 293 g/mol. The van der Waals surface area contributed by atoms with Crippen molar-refractivity contribution in [3.8, 4) is 0 Å². The molecule has 0 aliphatic carbocycles. The molecule has 0 unspecified atom stereocenters. The molecule has 124 valence electrons. The molecule has 0 radical (unpaired) electrons. The maximum absolute atomic E-state index is 12.6. The largest absolute Gasteiger partial charge is 0.416 e. The molecule has 1 aromatic carbocycles. The molecular formula is C16H23F3N2O. The summed E-state index contributed by atoms with van der Waals surface area (Å²) >= 11 is 0. The van der Waals surface area contributed by atoms with Crippen molar-refractivity contribution in [2.24, 2.45) is 5.92 Å². The number of hydrogen-bond acceptors (Lipinski definition) is 3. The third-order valence-electron chi connectivity index (χ3n) is 4.36. The Hall–Kier alpha value is -1.11. The van der Waals surface area contributed by atoms with Gasteiger partial charge in [-0.15, -0.1) is 0 Å². The standard InChI is InChI=1S/C16H23F3N2O/c1-20(2)15-7-8-21(10-13(15)11-22)9-12-3-5-14(6-4-12)16(17,18)19/h3-6,13,15,22H,7-11H2,1-2H3/t13-,15-/m1/s1. The lowest BCUT2D eigenvalue weighted by Gasteiger charge is -2.40. The first-order valence-electron chi connectivity index (χ1n) is 7.47. The zero-order valence-electron chi connectivity index (χ0n) is 13.0. The van der Waals surface area contributed by atoms with Crippen LogP contribution in [0.2, 0.25) is 0 Å². The van der Waals surface area contributed by atoms with Gasteiger partial charge in [-0.1, -0.05) is 12.1 Å². The van der Waals surface area contributed by atoms with Crippen LogP contribution in [0.4, 0.5) is 13.2 Å². The SMILES string of the molecule is CN(C)[C@@H]1CCN(Cc2ccc(C(F)(F)F)cc2)C[C@@H]1CO. The summed E-state index contributed by atoms with van der Waals surface area (Å²) < 4.78 is 37.7. The predicted octanol–water partition coefficient (Wildman–Crippen LogP) is 2.45. The van der Waals surface area contributed by atoms with Gasteiger partial charge in [-0.3, -0.25) is 4.90 Å². The fourth-order valence-corrected chi connectivity index (χ4v) is 3.16. The van der Waals surface area contributed by atoms with Crippen LogP contribution in [0.3, 0.4) is 0 Å². The minimum atomic E-state index is -4.29. The third-order valence-corrected chi connectivity index (χ3v) is 4.36. The van der Waals surface area contributed by atoms with Crippen molar-refractivity contribution < 1.29 is 18.3 Å². The Morgan fingerprint density at radius 3 is 2.36 bits per heavy atom. The van der Waals surface area contributed by atoms with Gasteiger partial charge in [0.2, 0.25) is 0 Å². The van der Waals surface area contributed by atoms with Crippen LogP contribution in [0.25, 0.3) is 0 Å². The molecule has 1 saturated heterocycles. The predicted molar refractivity (Wildman–Crippen MR) is 79.4 cm³/mol. The van der Waals surface area contributed by atoms with E-state index < -0.39 is 11.7 Å². The molecule has 0 spiro atoms. The summed E-state index contributed by atoms with van der Waals surface area (Å²) in [6, 6.07) is 5.69. The molecule has 2 atom stereocenters. The van der Waals surface area contributed by atoms with E-state index in [9.17, 15) is 18.3 Å². The Balaban J connectivity index is 1.97. The summed E-state index contributed by atoms with van der Waals surface area (Å²) in [5, 5.41) is 9.54. The highest BCUT2D eigenvalue weighted by Crippen LogP contribution is 2.29. The lowest BCUT2D eigenvalue weighted by molar-refractivity contribution is -0.137. The van der Waals surface area contributed by atoms with E-state index >= 15 is 0 Å². The first-order valence-corrected chi connectivity index (χ1v) is 7.47. The monoisotopic (exact) mass is 316 g/mol. The Kier molecular flexibility index (Phi) is 5.47. The van der Waals surface area contributed by atoms with Gasteiger partial charge in [0, 0.05) is 31.7 Å². The molecule has 0 aromatic heterocycles. The molecule has 1 N–H and O–H groups in total. The molecule has 1 aromatic rings. The van der Waals surface area contributed by atoms with E-state index in [2.05, 4.69) is 9.80 Å². The van der Waals surface area contributed by atoms with Crippen molar-refractivity contribution in [1.82, 2.24) is 9.80 Å². The van der Waals surface area contributed by atoms with Crippen molar-refractivity contribution in [3.05, 3.63) is 35.4 Å². The number of aliphatic hydroxyl groups is 1. The zero-order chi connectivity index (χ0) is 16.3. The van der Waals surface area contributed by atoms with Gasteiger partial charge in [0.25, 0.3) is 0 Å². The first kappa shape index (κ1) is 17.2. The summed E-state index contributed by atoms with van der Waals surface area (Å²) in [6.07, 6.45) is -3.33. The van der Waals surface area contributed by atoms with E-state index in [0.29, 0.717) is 12.6 Å². The molecule has 3 nitrogen and oxygen atoms in total. The molecule has 1 aliphatic heterocycles. The number of piperidine rings is 1. The smallest absolute Gasteiger partial charge is 0.396 e. The number of nitrogens with zero attached hydrogens (tertiary/aromatic N) is 2. The number of halogens is 3. The van der Waals surface area contributed by atoms with Gasteiger partial charge in [-0.05, 0) is 44.8 Å². The summed E-state index contributed by atoms with van der Waals surface area (Å²) in [5.74, 6) is 0.179. The van der Waals surface area contributed by atoms with E-state index in [1.54, 1.807) is 0 Å². The second kappa shape index (κ2) is 6.98. The highest BCUT2D eigenvalue weighted by Gasteiger charge is 2.31. The number of likely N-dealkylation sites (tertiary alicyclic amines) is 1. The number of aliphatic hydroxyl groups excluding tert-OH is 1. The van der Waals surface area contributed by atoms with Gasteiger partial charge in [-0.2, -0.15) is 13.2 Å². The van der Waals surface area contributed by atoms with Crippen molar-refractivity contribution in [2.45, 2.75) is 25.2 Å². The molecule has 0 amide bonds. The van der Waals surface area contributed by atoms with Crippen LogP contribution in [0, 0.1) is 5.92 Å². The van der Waals surface area contributed by atoms with E-state index in [0.717, 1.165) is 37.2 Å². The summed E-state index contributed by atoms with van der Waals surface area (Å²) in [7, 11) is 4.03. The van der Waals surface area contributed by atoms with Gasteiger partial charge >= 0.3 is 6.18 Å². The zero-order valence-corrected chi connectivity index (χ0v) is 13.0. The Labute approximate surface area is 129 Å². The van der Waals surface area contributed by atoms with Crippen LogP contribution in [0.1, 0.15) is 17.5 Å². The first-order chi connectivity index (χ1) is 10.3. The maximum atomic E-state index is 12.6. The van der Waals surface area contributed by atoms with Crippen LogP contribution < -0.4 is 0 Å². The minimum absolute atomic E-state index is 0.131. The number of benzene rings is 1. The van der Waals surface area contributed by atoms with Crippen molar-refractivity contribution in [1.29, 1.82) is 0 Å². The van der Waals surface area contributed by atoms with Crippen LogP contribution >= 0.6 is 0 Å². The topological polar surface area (TPSA) is 26.7 Å². The van der Waals surface area contributed by atoms with Crippen LogP contribution in [-0.4, -0.2) is 54.7 Å². The molecule has 6 heteroatoms. The second-order valence-corrected chi connectivity index (χ2v) is 6.19. The minimum Gasteiger partial charge on any atom is -0.396 e. The fraction of sp³-hybridized carbons (Fsp3) is 0.625. The molecule has 1 aliphatic rings. The molecule has 1 heterocycles. The summed E-state index contributed by atoms with van der Waals surface area (Å²) in [6.45, 7) is 2.40.